The molecule has 5 heteroatoms. The van der Waals surface area contributed by atoms with Crippen molar-refractivity contribution in [3.63, 3.8) is 0 Å². The fourth-order valence-corrected chi connectivity index (χ4v) is 2.82. The summed E-state index contributed by atoms with van der Waals surface area (Å²) in [7, 11) is 0. The van der Waals surface area contributed by atoms with Gasteiger partial charge in [-0.05, 0) is 37.0 Å². The predicted octanol–water partition coefficient (Wildman–Crippen LogP) is 3.52. The van der Waals surface area contributed by atoms with Crippen LogP contribution in [0, 0.1) is 5.92 Å². The summed E-state index contributed by atoms with van der Waals surface area (Å²) >= 11 is 6.09. The molecule has 0 radical (unpaired) electrons. The van der Waals surface area contributed by atoms with Crippen LogP contribution < -0.4 is 5.32 Å². The lowest BCUT2D eigenvalue weighted by Crippen LogP contribution is -2.13. The van der Waals surface area contributed by atoms with Gasteiger partial charge in [-0.2, -0.15) is 5.10 Å². The molecule has 1 fully saturated rings. The first kappa shape index (κ1) is 12.5. The molecule has 3 rings (SSSR count). The fraction of sp³-hybridized carbons (Fsp3) is 0.429. The number of anilines is 1. The van der Waals surface area contributed by atoms with Gasteiger partial charge in [-0.25, -0.2) is 9.67 Å². The summed E-state index contributed by atoms with van der Waals surface area (Å²) in [4.78, 5) is 3.99. The van der Waals surface area contributed by atoms with Crippen LogP contribution in [0.1, 0.15) is 25.7 Å². The summed E-state index contributed by atoms with van der Waals surface area (Å²) in [6, 6.07) is 5.79. The van der Waals surface area contributed by atoms with Crippen LogP contribution in [-0.2, 0) is 0 Å². The first-order valence-electron chi connectivity index (χ1n) is 6.71. The average molecular weight is 277 g/mol. The van der Waals surface area contributed by atoms with Crippen molar-refractivity contribution in [1.29, 1.82) is 0 Å². The Bertz CT molecular complexity index is 532. The Kier molecular flexibility index (Phi) is 3.69. The largest absolute Gasteiger partial charge is 0.383 e. The van der Waals surface area contributed by atoms with Crippen LogP contribution in [-0.4, -0.2) is 21.3 Å². The maximum Gasteiger partial charge on any atom is 0.138 e. The van der Waals surface area contributed by atoms with Crippen molar-refractivity contribution in [3.8, 4) is 5.69 Å². The molecule has 0 amide bonds. The molecule has 0 saturated heterocycles. The second kappa shape index (κ2) is 5.61. The van der Waals surface area contributed by atoms with Crippen LogP contribution in [0.15, 0.2) is 30.9 Å². The van der Waals surface area contributed by atoms with Gasteiger partial charge in [0.05, 0.1) is 11.4 Å². The third kappa shape index (κ3) is 2.89. The zero-order valence-corrected chi connectivity index (χ0v) is 11.5. The predicted molar refractivity (Wildman–Crippen MR) is 76.8 cm³/mol. The molecule has 100 valence electrons. The summed E-state index contributed by atoms with van der Waals surface area (Å²) in [6.45, 7) is 1.00. The van der Waals surface area contributed by atoms with Crippen molar-refractivity contribution >= 4 is 17.3 Å². The molecule has 0 aliphatic heterocycles. The van der Waals surface area contributed by atoms with Gasteiger partial charge in [0.1, 0.15) is 12.7 Å². The van der Waals surface area contributed by atoms with Gasteiger partial charge in [0, 0.05) is 11.6 Å². The summed E-state index contributed by atoms with van der Waals surface area (Å²) < 4.78 is 1.76. The summed E-state index contributed by atoms with van der Waals surface area (Å²) in [5.74, 6) is 0.780. The first-order valence-corrected chi connectivity index (χ1v) is 7.09. The Morgan fingerprint density at radius 3 is 2.89 bits per heavy atom. The van der Waals surface area contributed by atoms with E-state index in [0.29, 0.717) is 0 Å². The number of nitrogens with zero attached hydrogens (tertiary/aromatic N) is 3. The molecule has 2 aromatic rings. The first-order chi connectivity index (χ1) is 9.33. The number of hydrogen-bond donors (Lipinski definition) is 1. The zero-order chi connectivity index (χ0) is 13.1. The number of benzene rings is 1. The highest BCUT2D eigenvalue weighted by Crippen LogP contribution is 2.28. The molecule has 1 aliphatic rings. The third-order valence-electron chi connectivity index (χ3n) is 3.68. The van der Waals surface area contributed by atoms with Gasteiger partial charge < -0.3 is 5.32 Å². The highest BCUT2D eigenvalue weighted by molar-refractivity contribution is 6.31. The normalized spacial score (nSPS) is 15.8. The lowest BCUT2D eigenvalue weighted by molar-refractivity contribution is 0.579. The monoisotopic (exact) mass is 276 g/mol. The van der Waals surface area contributed by atoms with Crippen molar-refractivity contribution in [1.82, 2.24) is 14.8 Å². The Balaban J connectivity index is 1.80. The maximum atomic E-state index is 6.09. The highest BCUT2D eigenvalue weighted by atomic mass is 35.5. The summed E-state index contributed by atoms with van der Waals surface area (Å²) in [5.41, 5.74) is 2.00. The van der Waals surface area contributed by atoms with E-state index in [1.165, 1.54) is 32.0 Å². The van der Waals surface area contributed by atoms with Gasteiger partial charge in [0.2, 0.25) is 0 Å². The second-order valence-corrected chi connectivity index (χ2v) is 5.47. The number of aromatic nitrogens is 3. The average Bonchev–Trinajstić information content (AvgIpc) is 3.10. The van der Waals surface area contributed by atoms with Gasteiger partial charge in [-0.15, -0.1) is 0 Å². The van der Waals surface area contributed by atoms with Crippen molar-refractivity contribution in [2.75, 3.05) is 11.9 Å². The lowest BCUT2D eigenvalue weighted by Gasteiger charge is -2.15. The lowest BCUT2D eigenvalue weighted by atomic mass is 10.1. The van der Waals surface area contributed by atoms with E-state index < -0.39 is 0 Å². The molecule has 0 atom stereocenters. The number of hydrogen-bond acceptors (Lipinski definition) is 3. The van der Waals surface area contributed by atoms with E-state index in [-0.39, 0.29) is 0 Å². The molecule has 0 spiro atoms. The molecule has 1 N–H and O–H groups in total. The van der Waals surface area contributed by atoms with E-state index in [2.05, 4.69) is 15.4 Å². The molecule has 0 bridgehead atoms. The van der Waals surface area contributed by atoms with E-state index in [1.807, 2.05) is 18.2 Å². The van der Waals surface area contributed by atoms with Crippen LogP contribution in [0.4, 0.5) is 5.69 Å². The van der Waals surface area contributed by atoms with Gasteiger partial charge in [-0.3, -0.25) is 0 Å². The van der Waals surface area contributed by atoms with E-state index in [0.717, 1.165) is 28.9 Å². The van der Waals surface area contributed by atoms with Gasteiger partial charge >= 0.3 is 0 Å². The van der Waals surface area contributed by atoms with Crippen molar-refractivity contribution in [2.24, 2.45) is 5.92 Å². The molecule has 1 aromatic carbocycles. The summed E-state index contributed by atoms with van der Waals surface area (Å²) in [5, 5.41) is 8.42. The van der Waals surface area contributed by atoms with Crippen molar-refractivity contribution in [3.05, 3.63) is 35.9 Å². The van der Waals surface area contributed by atoms with Gasteiger partial charge in [0.15, 0.2) is 0 Å². The minimum atomic E-state index is 0.734. The number of nitrogens with one attached hydrogen (secondary N) is 1. The highest BCUT2D eigenvalue weighted by Gasteiger charge is 2.15. The minimum absolute atomic E-state index is 0.734. The van der Waals surface area contributed by atoms with E-state index in [4.69, 9.17) is 11.6 Å². The molecule has 4 nitrogen and oxygen atoms in total. The van der Waals surface area contributed by atoms with Crippen molar-refractivity contribution in [2.45, 2.75) is 25.7 Å². The Labute approximate surface area is 117 Å². The molecular formula is C14H17ClN4. The van der Waals surface area contributed by atoms with Crippen LogP contribution in [0.25, 0.3) is 5.69 Å². The van der Waals surface area contributed by atoms with Crippen molar-refractivity contribution < 1.29 is 0 Å². The number of rotatable bonds is 4. The molecule has 1 aromatic heterocycles. The van der Waals surface area contributed by atoms with Crippen LogP contribution in [0.2, 0.25) is 5.02 Å². The second-order valence-electron chi connectivity index (χ2n) is 5.03. The molecule has 1 saturated carbocycles. The number of halogens is 1. The molecule has 1 aliphatic carbocycles. The molecular weight excluding hydrogens is 260 g/mol. The summed E-state index contributed by atoms with van der Waals surface area (Å²) in [6.07, 6.45) is 8.60. The smallest absolute Gasteiger partial charge is 0.138 e. The Morgan fingerprint density at radius 2 is 2.16 bits per heavy atom. The van der Waals surface area contributed by atoms with Gasteiger partial charge in [0.25, 0.3) is 0 Å². The minimum Gasteiger partial charge on any atom is -0.383 e. The van der Waals surface area contributed by atoms with Gasteiger partial charge in [-0.1, -0.05) is 24.4 Å². The van der Waals surface area contributed by atoms with E-state index >= 15 is 0 Å². The molecule has 0 unspecified atom stereocenters. The van der Waals surface area contributed by atoms with Crippen LogP contribution >= 0.6 is 11.6 Å². The van der Waals surface area contributed by atoms with E-state index in [1.54, 1.807) is 11.0 Å². The van der Waals surface area contributed by atoms with Crippen LogP contribution in [0.5, 0.6) is 0 Å². The Morgan fingerprint density at radius 1 is 1.32 bits per heavy atom. The quantitative estimate of drug-likeness (QED) is 0.929. The van der Waals surface area contributed by atoms with Crippen LogP contribution in [0.3, 0.4) is 0 Å². The SMILES string of the molecule is Clc1ccc(-n2cncn2)c(NCC2CCCC2)c1. The topological polar surface area (TPSA) is 42.7 Å². The Hall–Kier alpha value is -1.55. The fourth-order valence-electron chi connectivity index (χ4n) is 2.65. The standard InChI is InChI=1S/C14H17ClN4/c15-12-5-6-14(19-10-16-9-18-19)13(7-12)17-8-11-3-1-2-4-11/h5-7,9-11,17H,1-4,8H2. The maximum absolute atomic E-state index is 6.09. The van der Waals surface area contributed by atoms with E-state index in [9.17, 15) is 0 Å². The molecule has 19 heavy (non-hydrogen) atoms. The zero-order valence-electron chi connectivity index (χ0n) is 10.7. The third-order valence-corrected chi connectivity index (χ3v) is 3.92. The molecule has 1 heterocycles.